The van der Waals surface area contributed by atoms with Gasteiger partial charge in [0.2, 0.25) is 0 Å². The molecule has 2 N–H and O–H groups in total. The molecule has 0 saturated carbocycles. The topological polar surface area (TPSA) is 69.1 Å². The van der Waals surface area contributed by atoms with Gasteiger partial charge in [0.1, 0.15) is 23.7 Å². The predicted octanol–water partition coefficient (Wildman–Crippen LogP) is 1.45. The monoisotopic (exact) mass is 375 g/mol. The Bertz CT molecular complexity index is 754. The van der Waals surface area contributed by atoms with Gasteiger partial charge >= 0.3 is 5.97 Å². The lowest BCUT2D eigenvalue weighted by Gasteiger charge is -2.23. The number of amides is 1. The Morgan fingerprint density at radius 3 is 2.65 bits per heavy atom. The summed E-state index contributed by atoms with van der Waals surface area (Å²) in [7, 11) is 0. The molecule has 1 fully saturated rings. The third-order valence-electron chi connectivity index (χ3n) is 4.22. The fourth-order valence-electron chi connectivity index (χ4n) is 2.92. The van der Waals surface area contributed by atoms with Gasteiger partial charge in [0.15, 0.2) is 6.54 Å². The van der Waals surface area contributed by atoms with Gasteiger partial charge in [0.25, 0.3) is 5.91 Å². The van der Waals surface area contributed by atoms with Crippen LogP contribution >= 0.6 is 11.3 Å². The summed E-state index contributed by atoms with van der Waals surface area (Å²) in [5.41, 5.74) is 2.13. The van der Waals surface area contributed by atoms with Crippen molar-refractivity contribution in [3.8, 4) is 11.1 Å². The average Bonchev–Trinajstić information content (AvgIpc) is 3.07. The number of thiophene rings is 1. The summed E-state index contributed by atoms with van der Waals surface area (Å²) in [5, 5.41) is 5.33. The first-order valence-electron chi connectivity index (χ1n) is 8.74. The first-order chi connectivity index (χ1) is 12.7. The smallest absolute Gasteiger partial charge is 0.341 e. The standard InChI is InChI=1S/C19H22N2O4S/c1-2-25-19(23)17-15(14-6-4-3-5-7-14)13-26-18(17)20-16(22)12-21-8-10-24-11-9-21/h3-7,13H,2,8-12H2,1H3,(H,20,22)/p+1. The number of morpholine rings is 1. The van der Waals surface area contributed by atoms with Crippen molar-refractivity contribution in [2.24, 2.45) is 0 Å². The van der Waals surface area contributed by atoms with Gasteiger partial charge in [-0.15, -0.1) is 11.3 Å². The number of carbonyl (C=O) groups excluding carboxylic acids is 2. The summed E-state index contributed by atoms with van der Waals surface area (Å²) in [6.45, 7) is 5.41. The van der Waals surface area contributed by atoms with E-state index in [1.807, 2.05) is 35.7 Å². The van der Waals surface area contributed by atoms with Gasteiger partial charge in [-0.3, -0.25) is 4.79 Å². The van der Waals surface area contributed by atoms with Gasteiger partial charge in [-0.05, 0) is 12.5 Å². The molecule has 0 unspecified atom stereocenters. The minimum Gasteiger partial charge on any atom is -0.462 e. The molecule has 0 atom stereocenters. The Morgan fingerprint density at radius 2 is 1.96 bits per heavy atom. The van der Waals surface area contributed by atoms with Crippen LogP contribution in [0.3, 0.4) is 0 Å². The molecule has 2 heterocycles. The van der Waals surface area contributed by atoms with Crippen LogP contribution in [-0.2, 0) is 14.3 Å². The van der Waals surface area contributed by atoms with Crippen LogP contribution in [0.5, 0.6) is 0 Å². The summed E-state index contributed by atoms with van der Waals surface area (Å²) >= 11 is 1.35. The lowest BCUT2D eigenvalue weighted by molar-refractivity contribution is -0.899. The van der Waals surface area contributed by atoms with Crippen molar-refractivity contribution in [2.45, 2.75) is 6.92 Å². The van der Waals surface area contributed by atoms with Gasteiger partial charge < -0.3 is 19.7 Å². The van der Waals surface area contributed by atoms with E-state index in [4.69, 9.17) is 9.47 Å². The summed E-state index contributed by atoms with van der Waals surface area (Å²) in [6.07, 6.45) is 0. The van der Waals surface area contributed by atoms with Crippen molar-refractivity contribution in [3.05, 3.63) is 41.3 Å². The summed E-state index contributed by atoms with van der Waals surface area (Å²) < 4.78 is 10.5. The largest absolute Gasteiger partial charge is 0.462 e. The first-order valence-corrected chi connectivity index (χ1v) is 9.62. The molecule has 2 aromatic rings. The van der Waals surface area contributed by atoms with Crippen molar-refractivity contribution in [1.29, 1.82) is 0 Å². The van der Waals surface area contributed by atoms with Crippen molar-refractivity contribution in [3.63, 3.8) is 0 Å². The van der Waals surface area contributed by atoms with Gasteiger partial charge in [-0.25, -0.2) is 4.79 Å². The average molecular weight is 375 g/mol. The zero-order chi connectivity index (χ0) is 18.4. The number of nitrogens with one attached hydrogen (secondary N) is 2. The summed E-state index contributed by atoms with van der Waals surface area (Å²) in [5.74, 6) is -0.518. The molecule has 1 aromatic heterocycles. The number of quaternary nitrogens is 1. The maximum atomic E-state index is 12.5. The fraction of sp³-hybridized carbons (Fsp3) is 0.368. The minimum absolute atomic E-state index is 0.103. The third-order valence-corrected chi connectivity index (χ3v) is 5.11. The van der Waals surface area contributed by atoms with Crippen molar-refractivity contribution < 1.29 is 24.0 Å². The number of hydrogen-bond donors (Lipinski definition) is 2. The van der Waals surface area contributed by atoms with E-state index in [9.17, 15) is 9.59 Å². The van der Waals surface area contributed by atoms with E-state index in [0.717, 1.165) is 24.2 Å². The maximum absolute atomic E-state index is 12.5. The maximum Gasteiger partial charge on any atom is 0.341 e. The van der Waals surface area contributed by atoms with Crippen LogP contribution < -0.4 is 10.2 Å². The van der Waals surface area contributed by atoms with E-state index >= 15 is 0 Å². The number of rotatable bonds is 6. The van der Waals surface area contributed by atoms with Crippen molar-refractivity contribution >= 4 is 28.2 Å². The van der Waals surface area contributed by atoms with Gasteiger partial charge in [-0.2, -0.15) is 0 Å². The van der Waals surface area contributed by atoms with Crippen LogP contribution in [0.2, 0.25) is 0 Å². The van der Waals surface area contributed by atoms with Crippen LogP contribution in [0.1, 0.15) is 17.3 Å². The normalized spacial score (nSPS) is 14.8. The highest BCUT2D eigenvalue weighted by Crippen LogP contribution is 2.36. The lowest BCUT2D eigenvalue weighted by Crippen LogP contribution is -3.15. The number of anilines is 1. The molecule has 138 valence electrons. The SMILES string of the molecule is CCOC(=O)c1c(-c2ccccc2)csc1NC(=O)C[NH+]1CCOCC1. The molecular weight excluding hydrogens is 352 g/mol. The van der Waals surface area contributed by atoms with Crippen LogP contribution in [0.4, 0.5) is 5.00 Å². The second-order valence-electron chi connectivity index (χ2n) is 6.03. The van der Waals surface area contributed by atoms with Gasteiger partial charge in [0, 0.05) is 10.9 Å². The first kappa shape index (κ1) is 18.6. The molecule has 26 heavy (non-hydrogen) atoms. The number of carbonyl (C=O) groups is 2. The van der Waals surface area contributed by atoms with Crippen molar-refractivity contribution in [2.75, 3.05) is 44.8 Å². The molecule has 6 nitrogen and oxygen atoms in total. The minimum atomic E-state index is -0.415. The molecule has 1 aliphatic rings. The van der Waals surface area contributed by atoms with Crippen LogP contribution in [0.25, 0.3) is 11.1 Å². The van der Waals surface area contributed by atoms with Crippen LogP contribution in [-0.4, -0.2) is 51.3 Å². The quantitative estimate of drug-likeness (QED) is 0.750. The molecule has 0 radical (unpaired) electrons. The highest BCUT2D eigenvalue weighted by atomic mass is 32.1. The predicted molar refractivity (Wildman–Crippen MR) is 101 cm³/mol. The van der Waals surface area contributed by atoms with Gasteiger partial charge in [-0.1, -0.05) is 30.3 Å². The second kappa shape index (κ2) is 8.93. The molecule has 0 bridgehead atoms. The van der Waals surface area contributed by atoms with E-state index in [-0.39, 0.29) is 12.5 Å². The van der Waals surface area contributed by atoms with E-state index in [2.05, 4.69) is 5.32 Å². The zero-order valence-corrected chi connectivity index (χ0v) is 15.6. The lowest BCUT2D eigenvalue weighted by atomic mass is 10.0. The Labute approximate surface area is 156 Å². The molecule has 1 amide bonds. The highest BCUT2D eigenvalue weighted by Gasteiger charge is 2.24. The van der Waals surface area contributed by atoms with E-state index in [1.54, 1.807) is 6.92 Å². The molecule has 1 aliphatic heterocycles. The molecule has 0 spiro atoms. The van der Waals surface area contributed by atoms with Crippen LogP contribution in [0.15, 0.2) is 35.7 Å². The molecular formula is C19H23N2O4S+. The Kier molecular flexibility index (Phi) is 6.38. The molecule has 7 heteroatoms. The number of hydrogen-bond acceptors (Lipinski definition) is 5. The van der Waals surface area contributed by atoms with E-state index in [1.165, 1.54) is 16.2 Å². The van der Waals surface area contributed by atoms with E-state index < -0.39 is 5.97 Å². The number of esters is 1. The molecule has 1 aromatic carbocycles. The Balaban J connectivity index is 1.80. The number of benzene rings is 1. The highest BCUT2D eigenvalue weighted by molar-refractivity contribution is 7.15. The summed E-state index contributed by atoms with van der Waals surface area (Å²) in [4.78, 5) is 26.1. The molecule has 0 aliphatic carbocycles. The van der Waals surface area contributed by atoms with Crippen LogP contribution in [0, 0.1) is 0 Å². The summed E-state index contributed by atoms with van der Waals surface area (Å²) in [6, 6.07) is 9.64. The van der Waals surface area contributed by atoms with Crippen molar-refractivity contribution in [1.82, 2.24) is 0 Å². The van der Waals surface area contributed by atoms with Gasteiger partial charge in [0.05, 0.1) is 19.8 Å². The second-order valence-corrected chi connectivity index (χ2v) is 6.91. The zero-order valence-electron chi connectivity index (χ0n) is 14.7. The number of ether oxygens (including phenoxy) is 2. The molecule has 3 rings (SSSR count). The molecule has 1 saturated heterocycles. The fourth-order valence-corrected chi connectivity index (χ4v) is 3.89. The third kappa shape index (κ3) is 4.49. The van der Waals surface area contributed by atoms with E-state index in [0.29, 0.717) is 30.3 Å². The Hall–Kier alpha value is -2.22. The Morgan fingerprint density at radius 1 is 1.23 bits per heavy atom.